The van der Waals surface area contributed by atoms with Crippen molar-refractivity contribution in [3.05, 3.63) is 44.3 Å². The normalized spacial score (nSPS) is 16.1. The van der Waals surface area contributed by atoms with E-state index in [1.165, 1.54) is 16.2 Å². The number of nitriles is 1. The first kappa shape index (κ1) is 21.7. The van der Waals surface area contributed by atoms with E-state index in [-0.39, 0.29) is 17.9 Å². The third-order valence-electron chi connectivity index (χ3n) is 5.63. The van der Waals surface area contributed by atoms with Gasteiger partial charge in [0.05, 0.1) is 5.56 Å². The van der Waals surface area contributed by atoms with Crippen LogP contribution in [0.2, 0.25) is 5.02 Å². The van der Waals surface area contributed by atoms with Gasteiger partial charge in [-0.05, 0) is 73.3 Å². The molecule has 0 bridgehead atoms. The average Bonchev–Trinajstić information content (AvgIpc) is 2.99. The molecule has 29 heavy (non-hydrogen) atoms. The zero-order chi connectivity index (χ0) is 21.3. The van der Waals surface area contributed by atoms with E-state index in [0.717, 1.165) is 36.0 Å². The molecule has 0 fully saturated rings. The summed E-state index contributed by atoms with van der Waals surface area (Å²) in [6.45, 7) is 10.5. The molecule has 1 amide bonds. The standard InChI is InChI=1S/C23H27ClN2O2S/c1-13-8-16(9-14(2)21(13)24)28-12-20(27)26-22-18(11-25)17-7-6-15(23(3,4)5)10-19(17)29-22/h8-9,15H,6-7,10,12H2,1-5H3,(H,26,27)/t15-/m1/s1. The first-order valence-corrected chi connectivity index (χ1v) is 11.0. The molecule has 0 spiro atoms. The highest BCUT2D eigenvalue weighted by Crippen LogP contribution is 2.44. The van der Waals surface area contributed by atoms with Gasteiger partial charge >= 0.3 is 0 Å². The Morgan fingerprint density at radius 3 is 2.59 bits per heavy atom. The second kappa shape index (κ2) is 8.38. The molecule has 1 aliphatic rings. The summed E-state index contributed by atoms with van der Waals surface area (Å²) in [4.78, 5) is 13.7. The summed E-state index contributed by atoms with van der Waals surface area (Å²) >= 11 is 7.71. The molecule has 1 aliphatic carbocycles. The SMILES string of the molecule is Cc1cc(OCC(=O)Nc2sc3c(c2C#N)CC[C@@H](C(C)(C)C)C3)cc(C)c1Cl. The fourth-order valence-electron chi connectivity index (χ4n) is 3.83. The number of rotatable bonds is 4. The number of nitrogens with one attached hydrogen (secondary N) is 1. The molecule has 1 aromatic heterocycles. The summed E-state index contributed by atoms with van der Waals surface area (Å²) < 4.78 is 5.65. The lowest BCUT2D eigenvalue weighted by molar-refractivity contribution is -0.118. The van der Waals surface area contributed by atoms with E-state index < -0.39 is 0 Å². The maximum Gasteiger partial charge on any atom is 0.262 e. The summed E-state index contributed by atoms with van der Waals surface area (Å²) in [5.74, 6) is 0.930. The number of carbonyl (C=O) groups excluding carboxylic acids is 1. The number of benzene rings is 1. The predicted molar refractivity (Wildman–Crippen MR) is 119 cm³/mol. The van der Waals surface area contributed by atoms with Crippen LogP contribution in [0.5, 0.6) is 5.75 Å². The van der Waals surface area contributed by atoms with Crippen LogP contribution in [0.4, 0.5) is 5.00 Å². The number of aryl methyl sites for hydroxylation is 2. The van der Waals surface area contributed by atoms with E-state index in [0.29, 0.717) is 27.3 Å². The molecule has 3 rings (SSSR count). The highest BCUT2D eigenvalue weighted by atomic mass is 35.5. The van der Waals surface area contributed by atoms with Crippen LogP contribution in [0.25, 0.3) is 0 Å². The number of amides is 1. The highest BCUT2D eigenvalue weighted by molar-refractivity contribution is 7.16. The van der Waals surface area contributed by atoms with E-state index in [1.54, 1.807) is 0 Å². The van der Waals surface area contributed by atoms with E-state index in [2.05, 4.69) is 32.2 Å². The van der Waals surface area contributed by atoms with Crippen LogP contribution in [-0.4, -0.2) is 12.5 Å². The van der Waals surface area contributed by atoms with E-state index in [4.69, 9.17) is 16.3 Å². The molecule has 0 radical (unpaired) electrons. The maximum atomic E-state index is 12.5. The topological polar surface area (TPSA) is 62.1 Å². The van der Waals surface area contributed by atoms with E-state index in [9.17, 15) is 10.1 Å². The van der Waals surface area contributed by atoms with Crippen molar-refractivity contribution >= 4 is 33.8 Å². The fourth-order valence-corrected chi connectivity index (χ4v) is 5.24. The number of ether oxygens (including phenoxy) is 1. The number of hydrogen-bond acceptors (Lipinski definition) is 4. The molecule has 1 heterocycles. The number of anilines is 1. The van der Waals surface area contributed by atoms with Gasteiger partial charge in [0.2, 0.25) is 0 Å². The predicted octanol–water partition coefficient (Wildman–Crippen LogP) is 6.06. The van der Waals surface area contributed by atoms with Gasteiger partial charge in [-0.15, -0.1) is 11.3 Å². The number of halogens is 1. The number of nitrogens with zero attached hydrogens (tertiary/aromatic N) is 1. The first-order chi connectivity index (χ1) is 13.6. The van der Waals surface area contributed by atoms with Gasteiger partial charge in [0.25, 0.3) is 5.91 Å². The Morgan fingerprint density at radius 1 is 1.34 bits per heavy atom. The highest BCUT2D eigenvalue weighted by Gasteiger charge is 2.32. The molecule has 1 N–H and O–H groups in total. The number of carbonyl (C=O) groups is 1. The Balaban J connectivity index is 1.70. The summed E-state index contributed by atoms with van der Waals surface area (Å²) in [7, 11) is 0. The molecule has 1 atom stereocenters. The van der Waals surface area contributed by atoms with E-state index in [1.807, 2.05) is 26.0 Å². The second-order valence-corrected chi connectivity index (χ2v) is 10.3. The van der Waals surface area contributed by atoms with Crippen molar-refractivity contribution in [3.63, 3.8) is 0 Å². The van der Waals surface area contributed by atoms with Crippen molar-refractivity contribution < 1.29 is 9.53 Å². The largest absolute Gasteiger partial charge is 0.484 e. The van der Waals surface area contributed by atoms with Crippen molar-refractivity contribution in [2.45, 2.75) is 53.9 Å². The van der Waals surface area contributed by atoms with Crippen LogP contribution >= 0.6 is 22.9 Å². The Labute approximate surface area is 181 Å². The summed E-state index contributed by atoms with van der Waals surface area (Å²) in [6.07, 6.45) is 2.94. The molecule has 0 saturated carbocycles. The average molecular weight is 431 g/mol. The van der Waals surface area contributed by atoms with Gasteiger partial charge < -0.3 is 10.1 Å². The molecule has 0 unspecified atom stereocenters. The fraction of sp³-hybridized carbons (Fsp3) is 0.478. The minimum atomic E-state index is -0.266. The number of fused-ring (bicyclic) bond motifs is 1. The van der Waals surface area contributed by atoms with Crippen LogP contribution in [0.1, 0.15) is 54.3 Å². The van der Waals surface area contributed by atoms with Crippen molar-refractivity contribution in [1.82, 2.24) is 0 Å². The monoisotopic (exact) mass is 430 g/mol. The molecular formula is C23H27ClN2O2S. The van der Waals surface area contributed by atoms with Crippen LogP contribution in [0.3, 0.4) is 0 Å². The number of hydrogen-bond donors (Lipinski definition) is 1. The number of thiophene rings is 1. The minimum Gasteiger partial charge on any atom is -0.484 e. The third-order valence-corrected chi connectivity index (χ3v) is 7.40. The maximum absolute atomic E-state index is 12.5. The van der Waals surface area contributed by atoms with Gasteiger partial charge in [-0.3, -0.25) is 4.79 Å². The molecular weight excluding hydrogens is 404 g/mol. The Hall–Kier alpha value is -2.03. The second-order valence-electron chi connectivity index (χ2n) is 8.83. The molecule has 6 heteroatoms. The first-order valence-electron chi connectivity index (χ1n) is 9.84. The van der Waals surface area contributed by atoms with E-state index >= 15 is 0 Å². The van der Waals surface area contributed by atoms with Crippen LogP contribution in [0, 0.1) is 36.5 Å². The lowest BCUT2D eigenvalue weighted by Crippen LogP contribution is -2.26. The van der Waals surface area contributed by atoms with Gasteiger partial charge in [-0.2, -0.15) is 5.26 Å². The quantitative estimate of drug-likeness (QED) is 0.641. The smallest absolute Gasteiger partial charge is 0.262 e. The Kier molecular flexibility index (Phi) is 6.26. The minimum absolute atomic E-state index is 0.113. The molecule has 1 aromatic carbocycles. The Morgan fingerprint density at radius 2 is 2.00 bits per heavy atom. The van der Waals surface area contributed by atoms with Crippen molar-refractivity contribution in [3.8, 4) is 11.8 Å². The van der Waals surface area contributed by atoms with Gasteiger partial charge in [0.15, 0.2) is 6.61 Å². The molecule has 4 nitrogen and oxygen atoms in total. The molecule has 0 aliphatic heterocycles. The van der Waals surface area contributed by atoms with Gasteiger partial charge in [0, 0.05) is 9.90 Å². The zero-order valence-corrected chi connectivity index (χ0v) is 19.2. The van der Waals surface area contributed by atoms with Crippen molar-refractivity contribution in [2.75, 3.05) is 11.9 Å². The zero-order valence-electron chi connectivity index (χ0n) is 17.6. The van der Waals surface area contributed by atoms with Crippen LogP contribution in [-0.2, 0) is 17.6 Å². The molecule has 154 valence electrons. The lowest BCUT2D eigenvalue weighted by atomic mass is 9.72. The summed E-state index contributed by atoms with van der Waals surface area (Å²) in [6, 6.07) is 5.94. The molecule has 2 aromatic rings. The summed E-state index contributed by atoms with van der Waals surface area (Å²) in [5.41, 5.74) is 3.78. The van der Waals surface area contributed by atoms with Crippen LogP contribution in [0.15, 0.2) is 12.1 Å². The van der Waals surface area contributed by atoms with Gasteiger partial charge in [-0.25, -0.2) is 0 Å². The Bertz CT molecular complexity index is 959. The lowest BCUT2D eigenvalue weighted by Gasteiger charge is -2.33. The summed E-state index contributed by atoms with van der Waals surface area (Å²) in [5, 5.41) is 13.9. The van der Waals surface area contributed by atoms with Gasteiger partial charge in [-0.1, -0.05) is 32.4 Å². The third kappa shape index (κ3) is 4.76. The van der Waals surface area contributed by atoms with Crippen LogP contribution < -0.4 is 10.1 Å². The van der Waals surface area contributed by atoms with Crippen molar-refractivity contribution in [1.29, 1.82) is 5.26 Å². The van der Waals surface area contributed by atoms with Crippen molar-refractivity contribution in [2.24, 2.45) is 11.3 Å². The van der Waals surface area contributed by atoms with Gasteiger partial charge in [0.1, 0.15) is 16.8 Å². The molecule has 0 saturated heterocycles.